The fraction of sp³-hybridized carbons (Fsp3) is 0.625. The highest BCUT2D eigenvalue weighted by atomic mass is 19.4. The molecule has 1 aromatic rings. The van der Waals surface area contributed by atoms with E-state index in [1.165, 1.54) is 6.92 Å². The molecule has 0 saturated carbocycles. The van der Waals surface area contributed by atoms with Gasteiger partial charge in [0.05, 0.1) is 11.7 Å². The SMILES string of the molecule is CC(O)COC(=O)NCCC(=O)N1CCN(c2ncc(C(F)(F)F)cn2)CC1. The number of ether oxygens (including phenoxy) is 1. The number of carbonyl (C=O) groups excluding carboxylic acids is 2. The standard InChI is InChI=1S/C16H22F3N5O4/c1-11(25)10-28-15(27)20-3-2-13(26)23-4-6-24(7-5-23)14-21-8-12(9-22-14)16(17,18)19/h8-9,11,25H,2-7,10H2,1H3,(H,20,27). The molecule has 2 N–H and O–H groups in total. The van der Waals surface area contributed by atoms with E-state index in [0.717, 1.165) is 12.4 Å². The second-order valence-electron chi connectivity index (χ2n) is 6.26. The van der Waals surface area contributed by atoms with Crippen LogP contribution in [0.2, 0.25) is 0 Å². The zero-order chi connectivity index (χ0) is 20.7. The van der Waals surface area contributed by atoms with E-state index in [1.807, 2.05) is 0 Å². The number of rotatable bonds is 6. The Morgan fingerprint density at radius 1 is 1.25 bits per heavy atom. The van der Waals surface area contributed by atoms with Crippen molar-refractivity contribution in [2.75, 3.05) is 44.2 Å². The first-order valence-electron chi connectivity index (χ1n) is 8.67. The Morgan fingerprint density at radius 2 is 1.86 bits per heavy atom. The van der Waals surface area contributed by atoms with Gasteiger partial charge in [0.2, 0.25) is 11.9 Å². The number of alkyl halides is 3. The number of nitrogens with one attached hydrogen (secondary N) is 1. The van der Waals surface area contributed by atoms with Gasteiger partial charge in [0.25, 0.3) is 0 Å². The molecule has 2 rings (SSSR count). The summed E-state index contributed by atoms with van der Waals surface area (Å²) in [6, 6.07) is 0. The molecule has 1 aliphatic rings. The highest BCUT2D eigenvalue weighted by molar-refractivity contribution is 5.77. The van der Waals surface area contributed by atoms with E-state index in [4.69, 9.17) is 9.84 Å². The first-order chi connectivity index (χ1) is 13.2. The van der Waals surface area contributed by atoms with Crippen molar-refractivity contribution in [3.8, 4) is 0 Å². The van der Waals surface area contributed by atoms with Gasteiger partial charge in [-0.05, 0) is 6.92 Å². The maximum absolute atomic E-state index is 12.5. The van der Waals surface area contributed by atoms with E-state index < -0.39 is 23.9 Å². The van der Waals surface area contributed by atoms with Gasteiger partial charge < -0.3 is 25.0 Å². The first-order valence-corrected chi connectivity index (χ1v) is 8.67. The molecular formula is C16H22F3N5O4. The van der Waals surface area contributed by atoms with Crippen LogP contribution in [0.25, 0.3) is 0 Å². The van der Waals surface area contributed by atoms with E-state index in [1.54, 1.807) is 9.80 Å². The minimum absolute atomic E-state index is 0.0839. The van der Waals surface area contributed by atoms with Crippen molar-refractivity contribution >= 4 is 17.9 Å². The predicted molar refractivity (Wildman–Crippen MR) is 91.5 cm³/mol. The number of nitrogens with zero attached hydrogens (tertiary/aromatic N) is 4. The molecule has 1 fully saturated rings. The summed E-state index contributed by atoms with van der Waals surface area (Å²) in [6.07, 6.45) is -4.40. The fourth-order valence-electron chi connectivity index (χ4n) is 2.46. The third kappa shape index (κ3) is 6.51. The van der Waals surface area contributed by atoms with E-state index >= 15 is 0 Å². The normalized spacial score (nSPS) is 15.9. The fourth-order valence-corrected chi connectivity index (χ4v) is 2.46. The minimum atomic E-state index is -4.49. The van der Waals surface area contributed by atoms with Crippen LogP contribution in [0.1, 0.15) is 18.9 Å². The first kappa shape index (κ1) is 21.7. The molecule has 1 saturated heterocycles. The summed E-state index contributed by atoms with van der Waals surface area (Å²) in [6.45, 7) is 2.97. The van der Waals surface area contributed by atoms with Crippen LogP contribution < -0.4 is 10.2 Å². The molecule has 9 nitrogen and oxygen atoms in total. The van der Waals surface area contributed by atoms with Crippen molar-refractivity contribution in [3.05, 3.63) is 18.0 Å². The predicted octanol–water partition coefficient (Wildman–Crippen LogP) is 0.641. The van der Waals surface area contributed by atoms with Crippen molar-refractivity contribution < 1.29 is 32.6 Å². The van der Waals surface area contributed by atoms with Crippen molar-refractivity contribution in [1.29, 1.82) is 0 Å². The monoisotopic (exact) mass is 405 g/mol. The van der Waals surface area contributed by atoms with Crippen LogP contribution in [0.5, 0.6) is 0 Å². The molecule has 28 heavy (non-hydrogen) atoms. The topological polar surface area (TPSA) is 108 Å². The summed E-state index contributed by atoms with van der Waals surface area (Å²) in [5.74, 6) is 0.0198. The van der Waals surface area contributed by atoms with Gasteiger partial charge in [0.15, 0.2) is 0 Å². The lowest BCUT2D eigenvalue weighted by Crippen LogP contribution is -2.49. The largest absolute Gasteiger partial charge is 0.447 e. The van der Waals surface area contributed by atoms with Crippen LogP contribution in [-0.2, 0) is 15.7 Å². The molecule has 0 bridgehead atoms. The Bertz CT molecular complexity index is 661. The van der Waals surface area contributed by atoms with E-state index in [2.05, 4.69) is 15.3 Å². The molecule has 0 spiro atoms. The summed E-state index contributed by atoms with van der Waals surface area (Å²) in [5.41, 5.74) is -0.912. The van der Waals surface area contributed by atoms with Crippen LogP contribution in [0, 0.1) is 0 Å². The molecular weight excluding hydrogens is 383 g/mol. The Morgan fingerprint density at radius 3 is 2.39 bits per heavy atom. The highest BCUT2D eigenvalue weighted by Crippen LogP contribution is 2.28. The third-order valence-electron chi connectivity index (χ3n) is 3.94. The number of aromatic nitrogens is 2. The van der Waals surface area contributed by atoms with E-state index in [0.29, 0.717) is 26.2 Å². The van der Waals surface area contributed by atoms with Gasteiger partial charge in [0.1, 0.15) is 6.61 Å². The summed E-state index contributed by atoms with van der Waals surface area (Å²) >= 11 is 0. The van der Waals surface area contributed by atoms with Crippen LogP contribution in [0.4, 0.5) is 23.9 Å². The zero-order valence-corrected chi connectivity index (χ0v) is 15.3. The maximum Gasteiger partial charge on any atom is 0.419 e. The Kier molecular flexibility index (Phi) is 7.38. The summed E-state index contributed by atoms with van der Waals surface area (Å²) in [7, 11) is 0. The lowest BCUT2D eigenvalue weighted by atomic mass is 10.3. The van der Waals surface area contributed by atoms with Crippen molar-refractivity contribution in [1.82, 2.24) is 20.2 Å². The summed E-state index contributed by atoms with van der Waals surface area (Å²) < 4.78 is 42.4. The van der Waals surface area contributed by atoms with E-state index in [9.17, 15) is 22.8 Å². The van der Waals surface area contributed by atoms with Gasteiger partial charge in [-0.2, -0.15) is 13.2 Å². The number of carbonyl (C=O) groups is 2. The van der Waals surface area contributed by atoms with Crippen molar-refractivity contribution in [2.24, 2.45) is 0 Å². The average molecular weight is 405 g/mol. The molecule has 0 aliphatic carbocycles. The van der Waals surface area contributed by atoms with Crippen LogP contribution in [-0.4, -0.2) is 77.4 Å². The lowest BCUT2D eigenvalue weighted by molar-refractivity contribution is -0.138. The molecule has 1 aromatic heterocycles. The van der Waals surface area contributed by atoms with Crippen molar-refractivity contribution in [3.63, 3.8) is 0 Å². The quantitative estimate of drug-likeness (QED) is 0.715. The number of halogens is 3. The number of aliphatic hydroxyl groups is 1. The molecule has 0 radical (unpaired) electrons. The van der Waals surface area contributed by atoms with Crippen LogP contribution in [0.15, 0.2) is 12.4 Å². The molecule has 1 atom stereocenters. The van der Waals surface area contributed by atoms with Gasteiger partial charge in [-0.25, -0.2) is 14.8 Å². The number of hydrogen-bond donors (Lipinski definition) is 2. The zero-order valence-electron chi connectivity index (χ0n) is 15.3. The van der Waals surface area contributed by atoms with E-state index in [-0.39, 0.29) is 31.4 Å². The number of anilines is 1. The van der Waals surface area contributed by atoms with Crippen LogP contribution >= 0.6 is 0 Å². The Balaban J connectivity index is 1.72. The number of hydrogen-bond acceptors (Lipinski definition) is 7. The second-order valence-corrected chi connectivity index (χ2v) is 6.26. The smallest absolute Gasteiger partial charge is 0.419 e. The molecule has 2 heterocycles. The molecule has 1 aliphatic heterocycles. The number of amides is 2. The van der Waals surface area contributed by atoms with Gasteiger partial charge in [-0.3, -0.25) is 4.79 Å². The Labute approximate surface area is 159 Å². The van der Waals surface area contributed by atoms with Gasteiger partial charge in [-0.15, -0.1) is 0 Å². The number of piperazine rings is 1. The Hall–Kier alpha value is -2.63. The molecule has 12 heteroatoms. The van der Waals surface area contributed by atoms with Crippen molar-refractivity contribution in [2.45, 2.75) is 25.6 Å². The average Bonchev–Trinajstić information content (AvgIpc) is 2.66. The molecule has 2 amide bonds. The minimum Gasteiger partial charge on any atom is -0.447 e. The summed E-state index contributed by atoms with van der Waals surface area (Å²) in [5, 5.41) is 11.4. The third-order valence-corrected chi connectivity index (χ3v) is 3.94. The molecule has 0 aromatic carbocycles. The van der Waals surface area contributed by atoms with Gasteiger partial charge >= 0.3 is 12.3 Å². The number of alkyl carbamates (subject to hydrolysis) is 1. The van der Waals surface area contributed by atoms with Gasteiger partial charge in [-0.1, -0.05) is 0 Å². The van der Waals surface area contributed by atoms with Gasteiger partial charge in [0, 0.05) is 51.5 Å². The number of aliphatic hydroxyl groups excluding tert-OH is 1. The second kappa shape index (κ2) is 9.53. The lowest BCUT2D eigenvalue weighted by Gasteiger charge is -2.34. The molecule has 156 valence electrons. The highest BCUT2D eigenvalue weighted by Gasteiger charge is 2.32. The maximum atomic E-state index is 12.5. The van der Waals surface area contributed by atoms with Crippen LogP contribution in [0.3, 0.4) is 0 Å². The molecule has 1 unspecified atom stereocenters. The summed E-state index contributed by atoms with van der Waals surface area (Å²) in [4.78, 5) is 34.3.